The number of hydrogen-bond donors (Lipinski definition) is 2. The van der Waals surface area contributed by atoms with Gasteiger partial charge in [-0.1, -0.05) is 13.3 Å². The van der Waals surface area contributed by atoms with E-state index in [0.29, 0.717) is 13.0 Å². The molecule has 1 saturated heterocycles. The SMILES string of the molecule is CCCC(C)NC(=O)CN1CC(N)CCC1=O. The van der Waals surface area contributed by atoms with Gasteiger partial charge in [0, 0.05) is 25.0 Å². The van der Waals surface area contributed by atoms with Crippen molar-refractivity contribution in [2.75, 3.05) is 13.1 Å². The van der Waals surface area contributed by atoms with Crippen LogP contribution in [0.1, 0.15) is 39.5 Å². The van der Waals surface area contributed by atoms with E-state index in [1.165, 1.54) is 0 Å². The van der Waals surface area contributed by atoms with E-state index in [9.17, 15) is 9.59 Å². The number of piperidine rings is 1. The van der Waals surface area contributed by atoms with Crippen LogP contribution in [-0.2, 0) is 9.59 Å². The molecule has 0 aromatic rings. The van der Waals surface area contributed by atoms with Crippen LogP contribution < -0.4 is 11.1 Å². The summed E-state index contributed by atoms with van der Waals surface area (Å²) < 4.78 is 0. The fourth-order valence-corrected chi connectivity index (χ4v) is 2.09. The predicted octanol–water partition coefficient (Wildman–Crippen LogP) is 0.241. The number of rotatable bonds is 5. The predicted molar refractivity (Wildman–Crippen MR) is 66.3 cm³/mol. The molecule has 2 atom stereocenters. The van der Waals surface area contributed by atoms with Crippen molar-refractivity contribution in [1.82, 2.24) is 10.2 Å². The number of nitrogens with two attached hydrogens (primary N) is 1. The Bertz CT molecular complexity index is 281. The van der Waals surface area contributed by atoms with E-state index in [1.807, 2.05) is 6.92 Å². The molecule has 0 bridgehead atoms. The summed E-state index contributed by atoms with van der Waals surface area (Å²) in [6.07, 6.45) is 3.18. The first-order chi connectivity index (χ1) is 8.02. The summed E-state index contributed by atoms with van der Waals surface area (Å²) in [6.45, 7) is 4.69. The smallest absolute Gasteiger partial charge is 0.239 e. The van der Waals surface area contributed by atoms with Gasteiger partial charge < -0.3 is 16.0 Å². The van der Waals surface area contributed by atoms with Gasteiger partial charge >= 0.3 is 0 Å². The fraction of sp³-hybridized carbons (Fsp3) is 0.833. The first kappa shape index (κ1) is 14.0. The van der Waals surface area contributed by atoms with Crippen LogP contribution in [0.25, 0.3) is 0 Å². The summed E-state index contributed by atoms with van der Waals surface area (Å²) in [5.74, 6) is -0.0570. The third kappa shape index (κ3) is 4.73. The van der Waals surface area contributed by atoms with Gasteiger partial charge in [0.05, 0.1) is 6.54 Å². The highest BCUT2D eigenvalue weighted by Gasteiger charge is 2.25. The molecule has 0 aromatic heterocycles. The van der Waals surface area contributed by atoms with E-state index < -0.39 is 0 Å². The number of carbonyl (C=O) groups is 2. The average Bonchev–Trinajstić information content (AvgIpc) is 2.23. The van der Waals surface area contributed by atoms with E-state index in [-0.39, 0.29) is 30.4 Å². The van der Waals surface area contributed by atoms with Crippen molar-refractivity contribution >= 4 is 11.8 Å². The monoisotopic (exact) mass is 241 g/mol. The second kappa shape index (κ2) is 6.59. The van der Waals surface area contributed by atoms with Gasteiger partial charge in [-0.05, 0) is 19.8 Å². The number of nitrogens with zero attached hydrogens (tertiary/aromatic N) is 1. The van der Waals surface area contributed by atoms with Crippen molar-refractivity contribution in [3.05, 3.63) is 0 Å². The molecular formula is C12H23N3O2. The lowest BCUT2D eigenvalue weighted by molar-refractivity contribution is -0.138. The Kier molecular flexibility index (Phi) is 5.41. The minimum Gasteiger partial charge on any atom is -0.352 e. The molecular weight excluding hydrogens is 218 g/mol. The fourth-order valence-electron chi connectivity index (χ4n) is 2.09. The van der Waals surface area contributed by atoms with Crippen molar-refractivity contribution in [1.29, 1.82) is 0 Å². The van der Waals surface area contributed by atoms with Gasteiger partial charge in [-0.2, -0.15) is 0 Å². The normalized spacial score (nSPS) is 22.4. The lowest BCUT2D eigenvalue weighted by Gasteiger charge is -2.30. The Morgan fingerprint density at radius 1 is 1.65 bits per heavy atom. The van der Waals surface area contributed by atoms with Crippen molar-refractivity contribution in [2.45, 2.75) is 51.6 Å². The Morgan fingerprint density at radius 3 is 3.00 bits per heavy atom. The molecule has 0 radical (unpaired) electrons. The first-order valence-corrected chi connectivity index (χ1v) is 6.35. The van der Waals surface area contributed by atoms with Crippen LogP contribution in [0, 0.1) is 0 Å². The topological polar surface area (TPSA) is 75.4 Å². The molecule has 5 heteroatoms. The van der Waals surface area contributed by atoms with Gasteiger partial charge in [0.2, 0.25) is 11.8 Å². The average molecular weight is 241 g/mol. The highest BCUT2D eigenvalue weighted by molar-refractivity contribution is 5.85. The number of hydrogen-bond acceptors (Lipinski definition) is 3. The molecule has 5 nitrogen and oxygen atoms in total. The van der Waals surface area contributed by atoms with Gasteiger partial charge in [0.25, 0.3) is 0 Å². The van der Waals surface area contributed by atoms with E-state index in [1.54, 1.807) is 4.90 Å². The maximum Gasteiger partial charge on any atom is 0.239 e. The van der Waals surface area contributed by atoms with E-state index in [4.69, 9.17) is 5.73 Å². The summed E-state index contributed by atoms with van der Waals surface area (Å²) in [5.41, 5.74) is 5.79. The number of nitrogens with one attached hydrogen (secondary N) is 1. The molecule has 98 valence electrons. The molecule has 0 aliphatic carbocycles. The Morgan fingerprint density at radius 2 is 2.35 bits per heavy atom. The third-order valence-corrected chi connectivity index (χ3v) is 3.00. The lowest BCUT2D eigenvalue weighted by Crippen LogP contribution is -2.50. The summed E-state index contributed by atoms with van der Waals surface area (Å²) in [4.78, 5) is 24.8. The number of likely N-dealkylation sites (tertiary alicyclic amines) is 1. The second-order valence-corrected chi connectivity index (χ2v) is 4.83. The van der Waals surface area contributed by atoms with E-state index in [0.717, 1.165) is 19.3 Å². The summed E-state index contributed by atoms with van der Waals surface area (Å²) in [7, 11) is 0. The molecule has 2 amide bonds. The molecule has 2 unspecified atom stereocenters. The van der Waals surface area contributed by atoms with Crippen molar-refractivity contribution in [2.24, 2.45) is 5.73 Å². The van der Waals surface area contributed by atoms with Crippen LogP contribution >= 0.6 is 0 Å². The zero-order chi connectivity index (χ0) is 12.8. The molecule has 0 aromatic carbocycles. The molecule has 3 N–H and O–H groups in total. The van der Waals surface area contributed by atoms with Gasteiger partial charge in [-0.15, -0.1) is 0 Å². The van der Waals surface area contributed by atoms with E-state index >= 15 is 0 Å². The highest BCUT2D eigenvalue weighted by atomic mass is 16.2. The van der Waals surface area contributed by atoms with Crippen LogP contribution in [0.4, 0.5) is 0 Å². The van der Waals surface area contributed by atoms with Crippen molar-refractivity contribution in [3.8, 4) is 0 Å². The van der Waals surface area contributed by atoms with Crippen LogP contribution in [0.5, 0.6) is 0 Å². The van der Waals surface area contributed by atoms with Crippen LogP contribution in [0.2, 0.25) is 0 Å². The highest BCUT2D eigenvalue weighted by Crippen LogP contribution is 2.09. The standard InChI is InChI=1S/C12H23N3O2/c1-3-4-9(2)14-11(16)8-15-7-10(13)5-6-12(15)17/h9-10H,3-8,13H2,1-2H3,(H,14,16). The molecule has 1 aliphatic rings. The van der Waals surface area contributed by atoms with Crippen LogP contribution in [-0.4, -0.2) is 41.9 Å². The van der Waals surface area contributed by atoms with Crippen LogP contribution in [0.3, 0.4) is 0 Å². The maximum absolute atomic E-state index is 11.7. The first-order valence-electron chi connectivity index (χ1n) is 6.35. The minimum absolute atomic E-state index is 0.00793. The van der Waals surface area contributed by atoms with Gasteiger partial charge in [-0.3, -0.25) is 9.59 Å². The van der Waals surface area contributed by atoms with Gasteiger partial charge in [0.15, 0.2) is 0 Å². The third-order valence-electron chi connectivity index (χ3n) is 3.00. The summed E-state index contributed by atoms with van der Waals surface area (Å²) >= 11 is 0. The zero-order valence-corrected chi connectivity index (χ0v) is 10.7. The lowest BCUT2D eigenvalue weighted by atomic mass is 10.1. The Balaban J connectivity index is 2.36. The summed E-state index contributed by atoms with van der Waals surface area (Å²) in [6, 6.07) is 0.176. The molecule has 1 heterocycles. The van der Waals surface area contributed by atoms with Crippen molar-refractivity contribution < 1.29 is 9.59 Å². The van der Waals surface area contributed by atoms with E-state index in [2.05, 4.69) is 12.2 Å². The zero-order valence-electron chi connectivity index (χ0n) is 10.7. The quantitative estimate of drug-likeness (QED) is 0.724. The molecule has 1 fully saturated rings. The minimum atomic E-state index is -0.0894. The largest absolute Gasteiger partial charge is 0.352 e. The molecule has 1 aliphatic heterocycles. The van der Waals surface area contributed by atoms with Crippen LogP contribution in [0.15, 0.2) is 0 Å². The molecule has 0 saturated carbocycles. The Labute approximate surface area is 103 Å². The van der Waals surface area contributed by atoms with Crippen molar-refractivity contribution in [3.63, 3.8) is 0 Å². The van der Waals surface area contributed by atoms with Gasteiger partial charge in [-0.25, -0.2) is 0 Å². The van der Waals surface area contributed by atoms with Gasteiger partial charge in [0.1, 0.15) is 0 Å². The molecule has 0 spiro atoms. The number of carbonyl (C=O) groups excluding carboxylic acids is 2. The molecule has 17 heavy (non-hydrogen) atoms. The summed E-state index contributed by atoms with van der Waals surface area (Å²) in [5, 5.41) is 2.89. The maximum atomic E-state index is 11.7. The number of amides is 2. The Hall–Kier alpha value is -1.10. The second-order valence-electron chi connectivity index (χ2n) is 4.83. The molecule has 1 rings (SSSR count).